The van der Waals surface area contributed by atoms with Gasteiger partial charge in [0, 0.05) is 23.9 Å². The normalized spacial score (nSPS) is 16.0. The van der Waals surface area contributed by atoms with Gasteiger partial charge >= 0.3 is 0 Å². The molecule has 118 valence electrons. The molecule has 2 aromatic rings. The zero-order valence-electron chi connectivity index (χ0n) is 12.8. The lowest BCUT2D eigenvalue weighted by molar-refractivity contribution is -0.118. The molecule has 1 atom stereocenters. The number of amides is 2. The fraction of sp³-hybridized carbons (Fsp3) is 0.222. The number of ether oxygens (including phenoxy) is 1. The molecule has 0 bridgehead atoms. The molecule has 3 rings (SSSR count). The van der Waals surface area contributed by atoms with Crippen molar-refractivity contribution in [3.8, 4) is 5.75 Å². The Kier molecular flexibility index (Phi) is 4.28. The van der Waals surface area contributed by atoms with E-state index in [9.17, 15) is 9.59 Å². The van der Waals surface area contributed by atoms with Crippen LogP contribution in [-0.2, 0) is 4.79 Å². The Hall–Kier alpha value is -2.82. The Morgan fingerprint density at radius 2 is 1.96 bits per heavy atom. The Morgan fingerprint density at radius 1 is 1.13 bits per heavy atom. The summed E-state index contributed by atoms with van der Waals surface area (Å²) in [5.41, 5.74) is 2.02. The first-order valence-electron chi connectivity index (χ1n) is 7.54. The molecule has 5 heteroatoms. The summed E-state index contributed by atoms with van der Waals surface area (Å²) in [4.78, 5) is 24.3. The van der Waals surface area contributed by atoms with Crippen LogP contribution < -0.4 is 15.4 Å². The first-order valence-corrected chi connectivity index (χ1v) is 7.54. The van der Waals surface area contributed by atoms with Crippen LogP contribution in [0.25, 0.3) is 0 Å². The van der Waals surface area contributed by atoms with E-state index in [1.165, 1.54) is 0 Å². The van der Waals surface area contributed by atoms with Crippen LogP contribution in [0.3, 0.4) is 0 Å². The number of nitrogens with one attached hydrogen (secondary N) is 2. The van der Waals surface area contributed by atoms with Crippen LogP contribution in [-0.4, -0.2) is 25.5 Å². The Bertz CT molecular complexity index is 743. The highest BCUT2D eigenvalue weighted by molar-refractivity contribution is 5.99. The summed E-state index contributed by atoms with van der Waals surface area (Å²) in [6, 6.07) is 14.5. The number of carbonyl (C=O) groups excluding carboxylic acids is 2. The van der Waals surface area contributed by atoms with E-state index in [4.69, 9.17) is 4.74 Å². The SMILES string of the molecule is CNC(=O)c1cccc(NC(=O)C2CCOc3ccccc32)c1. The summed E-state index contributed by atoms with van der Waals surface area (Å²) in [7, 11) is 1.58. The van der Waals surface area contributed by atoms with E-state index in [0.717, 1.165) is 11.3 Å². The van der Waals surface area contributed by atoms with Crippen molar-refractivity contribution in [2.24, 2.45) is 0 Å². The number of benzene rings is 2. The molecule has 0 aliphatic carbocycles. The van der Waals surface area contributed by atoms with Gasteiger partial charge in [-0.15, -0.1) is 0 Å². The highest BCUT2D eigenvalue weighted by Crippen LogP contribution is 2.34. The number of para-hydroxylation sites is 1. The van der Waals surface area contributed by atoms with Crippen LogP contribution in [0.5, 0.6) is 5.75 Å². The first kappa shape index (κ1) is 15.1. The van der Waals surface area contributed by atoms with Gasteiger partial charge in [0.25, 0.3) is 5.91 Å². The van der Waals surface area contributed by atoms with Gasteiger partial charge in [0.2, 0.25) is 5.91 Å². The Balaban J connectivity index is 1.79. The molecule has 23 heavy (non-hydrogen) atoms. The van der Waals surface area contributed by atoms with Gasteiger partial charge < -0.3 is 15.4 Å². The van der Waals surface area contributed by atoms with Gasteiger partial charge in [-0.2, -0.15) is 0 Å². The van der Waals surface area contributed by atoms with Gasteiger partial charge in [-0.3, -0.25) is 9.59 Å². The van der Waals surface area contributed by atoms with Crippen LogP contribution in [0.15, 0.2) is 48.5 Å². The predicted octanol–water partition coefficient (Wildman–Crippen LogP) is 2.55. The molecule has 0 fully saturated rings. The summed E-state index contributed by atoms with van der Waals surface area (Å²) in [5, 5.41) is 5.47. The Morgan fingerprint density at radius 3 is 2.78 bits per heavy atom. The Labute approximate surface area is 134 Å². The van der Waals surface area contributed by atoms with E-state index in [2.05, 4.69) is 10.6 Å². The summed E-state index contributed by atoms with van der Waals surface area (Å²) in [5.74, 6) is 0.244. The zero-order chi connectivity index (χ0) is 16.2. The number of hydrogen-bond donors (Lipinski definition) is 2. The molecule has 0 saturated carbocycles. The summed E-state index contributed by atoms with van der Waals surface area (Å²) < 4.78 is 5.59. The fourth-order valence-corrected chi connectivity index (χ4v) is 2.73. The summed E-state index contributed by atoms with van der Waals surface area (Å²) in [6.45, 7) is 0.521. The maximum Gasteiger partial charge on any atom is 0.251 e. The lowest BCUT2D eigenvalue weighted by atomic mass is 9.92. The predicted molar refractivity (Wildman–Crippen MR) is 87.8 cm³/mol. The average molecular weight is 310 g/mol. The molecule has 2 amide bonds. The summed E-state index contributed by atoms with van der Waals surface area (Å²) >= 11 is 0. The van der Waals surface area contributed by atoms with Crippen molar-refractivity contribution in [1.82, 2.24) is 5.32 Å². The van der Waals surface area contributed by atoms with Crippen molar-refractivity contribution in [3.63, 3.8) is 0 Å². The van der Waals surface area contributed by atoms with Crippen molar-refractivity contribution in [2.75, 3.05) is 19.0 Å². The zero-order valence-corrected chi connectivity index (χ0v) is 12.8. The minimum atomic E-state index is -0.247. The third-order valence-electron chi connectivity index (χ3n) is 3.89. The number of hydrogen-bond acceptors (Lipinski definition) is 3. The van der Waals surface area contributed by atoms with Crippen molar-refractivity contribution < 1.29 is 14.3 Å². The van der Waals surface area contributed by atoms with Crippen molar-refractivity contribution in [2.45, 2.75) is 12.3 Å². The van der Waals surface area contributed by atoms with E-state index < -0.39 is 0 Å². The van der Waals surface area contributed by atoms with E-state index >= 15 is 0 Å². The summed E-state index contributed by atoms with van der Waals surface area (Å²) in [6.07, 6.45) is 0.637. The topological polar surface area (TPSA) is 67.4 Å². The molecule has 0 radical (unpaired) electrons. The van der Waals surface area contributed by atoms with Crippen LogP contribution >= 0.6 is 0 Å². The molecule has 2 aromatic carbocycles. The monoisotopic (exact) mass is 310 g/mol. The smallest absolute Gasteiger partial charge is 0.251 e. The molecule has 5 nitrogen and oxygen atoms in total. The lowest BCUT2D eigenvalue weighted by Gasteiger charge is -2.25. The molecular weight excluding hydrogens is 292 g/mol. The van der Waals surface area contributed by atoms with Crippen LogP contribution in [0, 0.1) is 0 Å². The molecule has 0 aromatic heterocycles. The van der Waals surface area contributed by atoms with Crippen LogP contribution in [0.1, 0.15) is 28.3 Å². The van der Waals surface area contributed by atoms with Crippen LogP contribution in [0.2, 0.25) is 0 Å². The molecule has 2 N–H and O–H groups in total. The molecule has 1 heterocycles. The van der Waals surface area contributed by atoms with E-state index in [1.54, 1.807) is 31.3 Å². The minimum Gasteiger partial charge on any atom is -0.493 e. The lowest BCUT2D eigenvalue weighted by Crippen LogP contribution is -2.26. The number of anilines is 1. The molecule has 1 aliphatic rings. The van der Waals surface area contributed by atoms with Gasteiger partial charge in [0.1, 0.15) is 5.75 Å². The van der Waals surface area contributed by atoms with Gasteiger partial charge in [0.15, 0.2) is 0 Å². The second-order valence-electron chi connectivity index (χ2n) is 5.38. The molecular formula is C18H18N2O3. The third-order valence-corrected chi connectivity index (χ3v) is 3.89. The van der Waals surface area contributed by atoms with Gasteiger partial charge in [-0.25, -0.2) is 0 Å². The standard InChI is InChI=1S/C18H18N2O3/c1-19-17(21)12-5-4-6-13(11-12)20-18(22)15-9-10-23-16-8-3-2-7-14(15)16/h2-8,11,15H,9-10H2,1H3,(H,19,21)(H,20,22). The molecule has 0 saturated heterocycles. The van der Waals surface area contributed by atoms with Gasteiger partial charge in [-0.05, 0) is 30.7 Å². The first-order chi connectivity index (χ1) is 11.2. The highest BCUT2D eigenvalue weighted by Gasteiger charge is 2.27. The number of carbonyl (C=O) groups is 2. The van der Waals surface area contributed by atoms with E-state index in [-0.39, 0.29) is 17.7 Å². The van der Waals surface area contributed by atoms with Gasteiger partial charge in [-0.1, -0.05) is 24.3 Å². The van der Waals surface area contributed by atoms with Crippen molar-refractivity contribution in [1.29, 1.82) is 0 Å². The molecule has 1 unspecified atom stereocenters. The largest absolute Gasteiger partial charge is 0.493 e. The van der Waals surface area contributed by atoms with E-state index in [0.29, 0.717) is 24.3 Å². The van der Waals surface area contributed by atoms with Crippen molar-refractivity contribution >= 4 is 17.5 Å². The maximum atomic E-state index is 12.6. The second-order valence-corrected chi connectivity index (χ2v) is 5.38. The number of fused-ring (bicyclic) bond motifs is 1. The van der Waals surface area contributed by atoms with Crippen LogP contribution in [0.4, 0.5) is 5.69 Å². The second kappa shape index (κ2) is 6.52. The fourth-order valence-electron chi connectivity index (χ4n) is 2.73. The quantitative estimate of drug-likeness (QED) is 0.915. The van der Waals surface area contributed by atoms with E-state index in [1.807, 2.05) is 24.3 Å². The highest BCUT2D eigenvalue weighted by atomic mass is 16.5. The number of rotatable bonds is 3. The minimum absolute atomic E-state index is 0.0881. The maximum absolute atomic E-state index is 12.6. The average Bonchev–Trinajstić information content (AvgIpc) is 2.60. The molecule has 0 spiro atoms. The third kappa shape index (κ3) is 3.18. The van der Waals surface area contributed by atoms with Crippen molar-refractivity contribution in [3.05, 3.63) is 59.7 Å². The molecule has 1 aliphatic heterocycles. The van der Waals surface area contributed by atoms with Gasteiger partial charge in [0.05, 0.1) is 12.5 Å².